The lowest BCUT2D eigenvalue weighted by atomic mass is 9.96. The van der Waals surface area contributed by atoms with E-state index in [1.807, 2.05) is 23.6 Å². The number of anilines is 1. The Morgan fingerprint density at radius 1 is 1.19 bits per heavy atom. The molecule has 1 N–H and O–H groups in total. The van der Waals surface area contributed by atoms with Crippen LogP contribution in [0.1, 0.15) is 25.8 Å². The summed E-state index contributed by atoms with van der Waals surface area (Å²) < 4.78 is 34.3. The number of fused-ring (bicyclic) bond motifs is 3. The first kappa shape index (κ1) is 18.5. The Hall–Kier alpha value is -3.29. The number of nitrogens with zero attached hydrogens (tertiary/aromatic N) is 3. The summed E-state index contributed by atoms with van der Waals surface area (Å²) in [5.41, 5.74) is 2.42. The SMILES string of the molecule is CC(C(=O)Nc1ccc2cnoc2c1)[C@H]1[C@@H]2C[C@@H](n3cnc4cc(F)c(F)cc43)C[C@@H]21. The van der Waals surface area contributed by atoms with Gasteiger partial charge in [0.2, 0.25) is 5.91 Å². The maximum Gasteiger partial charge on any atom is 0.227 e. The number of hydrogen-bond donors (Lipinski definition) is 1. The minimum Gasteiger partial charge on any atom is -0.356 e. The van der Waals surface area contributed by atoms with Crippen LogP contribution in [-0.2, 0) is 4.79 Å². The maximum absolute atomic E-state index is 13.7. The number of carbonyl (C=O) groups excluding carboxylic acids is 1. The summed E-state index contributed by atoms with van der Waals surface area (Å²) >= 11 is 0. The number of amides is 1. The highest BCUT2D eigenvalue weighted by Crippen LogP contribution is 2.64. The highest BCUT2D eigenvalue weighted by Gasteiger charge is 2.59. The summed E-state index contributed by atoms with van der Waals surface area (Å²) in [6.45, 7) is 1.98. The predicted octanol–water partition coefficient (Wildman–Crippen LogP) is 4.93. The van der Waals surface area contributed by atoms with Gasteiger partial charge in [-0.1, -0.05) is 12.1 Å². The van der Waals surface area contributed by atoms with Crippen molar-refractivity contribution in [3.63, 3.8) is 0 Å². The van der Waals surface area contributed by atoms with E-state index in [-0.39, 0.29) is 17.9 Å². The lowest BCUT2D eigenvalue weighted by Gasteiger charge is -2.20. The van der Waals surface area contributed by atoms with E-state index >= 15 is 0 Å². The van der Waals surface area contributed by atoms with Crippen molar-refractivity contribution < 1.29 is 18.1 Å². The molecule has 0 radical (unpaired) electrons. The maximum atomic E-state index is 13.7. The van der Waals surface area contributed by atoms with Crippen molar-refractivity contribution in [2.75, 3.05) is 5.32 Å². The van der Waals surface area contributed by atoms with Crippen LogP contribution >= 0.6 is 0 Å². The zero-order valence-corrected chi connectivity index (χ0v) is 16.8. The van der Waals surface area contributed by atoms with Crippen molar-refractivity contribution in [1.29, 1.82) is 0 Å². The molecule has 31 heavy (non-hydrogen) atoms. The third-order valence-corrected chi connectivity index (χ3v) is 7.11. The Kier molecular flexibility index (Phi) is 3.94. The average Bonchev–Trinajstić information content (AvgIpc) is 3.18. The van der Waals surface area contributed by atoms with Crippen LogP contribution in [0.2, 0.25) is 0 Å². The van der Waals surface area contributed by atoms with E-state index in [9.17, 15) is 13.6 Å². The lowest BCUT2D eigenvalue weighted by molar-refractivity contribution is -0.120. The van der Waals surface area contributed by atoms with E-state index in [2.05, 4.69) is 15.5 Å². The van der Waals surface area contributed by atoms with E-state index in [0.717, 1.165) is 24.3 Å². The number of halogens is 2. The van der Waals surface area contributed by atoms with Gasteiger partial charge in [0.15, 0.2) is 17.2 Å². The molecule has 8 heteroatoms. The van der Waals surface area contributed by atoms with Gasteiger partial charge >= 0.3 is 0 Å². The highest BCUT2D eigenvalue weighted by molar-refractivity contribution is 5.94. The molecule has 2 aliphatic carbocycles. The fourth-order valence-corrected chi connectivity index (χ4v) is 5.51. The minimum atomic E-state index is -0.880. The first-order valence-electron chi connectivity index (χ1n) is 10.5. The number of carbonyl (C=O) groups is 1. The van der Waals surface area contributed by atoms with Gasteiger partial charge in [-0.3, -0.25) is 4.79 Å². The van der Waals surface area contributed by atoms with Crippen molar-refractivity contribution in [2.24, 2.45) is 23.7 Å². The number of nitrogens with one attached hydrogen (secondary N) is 1. The normalized spacial score (nSPS) is 25.6. The summed E-state index contributed by atoms with van der Waals surface area (Å²) in [6.07, 6.45) is 5.15. The van der Waals surface area contributed by atoms with Crippen LogP contribution in [0.4, 0.5) is 14.5 Å². The van der Waals surface area contributed by atoms with Crippen molar-refractivity contribution in [2.45, 2.75) is 25.8 Å². The molecule has 2 aromatic carbocycles. The molecule has 2 saturated carbocycles. The molecule has 2 aromatic heterocycles. The number of benzene rings is 2. The van der Waals surface area contributed by atoms with Crippen LogP contribution in [0.15, 0.2) is 47.4 Å². The fraction of sp³-hybridized carbons (Fsp3) is 0.348. The third-order valence-electron chi connectivity index (χ3n) is 7.11. The summed E-state index contributed by atoms with van der Waals surface area (Å²) in [7, 11) is 0. The van der Waals surface area contributed by atoms with Gasteiger partial charge in [0.25, 0.3) is 0 Å². The monoisotopic (exact) mass is 422 g/mol. The summed E-state index contributed by atoms with van der Waals surface area (Å²) in [6, 6.07) is 8.06. The molecule has 5 atom stereocenters. The smallest absolute Gasteiger partial charge is 0.227 e. The van der Waals surface area contributed by atoms with E-state index in [4.69, 9.17) is 4.52 Å². The Bertz CT molecular complexity index is 1320. The van der Waals surface area contributed by atoms with Crippen LogP contribution in [0.3, 0.4) is 0 Å². The van der Waals surface area contributed by atoms with Gasteiger partial charge in [-0.15, -0.1) is 0 Å². The van der Waals surface area contributed by atoms with Crippen LogP contribution in [-0.4, -0.2) is 20.6 Å². The zero-order chi connectivity index (χ0) is 21.3. The average molecular weight is 422 g/mol. The Morgan fingerprint density at radius 2 is 1.97 bits per heavy atom. The molecule has 1 unspecified atom stereocenters. The first-order chi connectivity index (χ1) is 15.0. The second-order valence-corrected chi connectivity index (χ2v) is 8.79. The Labute approximate surface area is 176 Å². The van der Waals surface area contributed by atoms with Crippen LogP contribution < -0.4 is 5.32 Å². The van der Waals surface area contributed by atoms with Crippen LogP contribution in [0.5, 0.6) is 0 Å². The first-order valence-corrected chi connectivity index (χ1v) is 10.5. The molecule has 4 aromatic rings. The number of aromatic nitrogens is 3. The minimum absolute atomic E-state index is 0.000409. The van der Waals surface area contributed by atoms with Crippen molar-refractivity contribution >= 4 is 33.6 Å². The molecule has 0 saturated heterocycles. The van der Waals surface area contributed by atoms with Crippen LogP contribution in [0.25, 0.3) is 22.0 Å². The topological polar surface area (TPSA) is 73.0 Å². The van der Waals surface area contributed by atoms with Gasteiger partial charge in [-0.2, -0.15) is 0 Å². The van der Waals surface area contributed by atoms with Crippen molar-refractivity contribution in [1.82, 2.24) is 14.7 Å². The Balaban J connectivity index is 1.13. The predicted molar refractivity (Wildman–Crippen MR) is 110 cm³/mol. The van der Waals surface area contributed by atoms with Gasteiger partial charge < -0.3 is 14.4 Å². The zero-order valence-electron chi connectivity index (χ0n) is 16.8. The molecule has 1 amide bonds. The molecule has 0 spiro atoms. The molecule has 6 rings (SSSR count). The third kappa shape index (κ3) is 2.92. The fourth-order valence-electron chi connectivity index (χ4n) is 5.51. The highest BCUT2D eigenvalue weighted by atomic mass is 19.2. The molecule has 0 aliphatic heterocycles. The molecular formula is C23H20F2N4O2. The van der Waals surface area contributed by atoms with E-state index in [0.29, 0.717) is 40.1 Å². The standard InChI is InChI=1S/C23H20F2N4O2/c1-11(23(30)28-13-3-2-12-9-27-31-21(12)4-13)22-15-5-14(6-16(15)22)29-10-26-19-7-17(24)18(25)8-20(19)29/h2-4,7-11,14-16,22H,5-6H2,1H3,(H,28,30)/t11?,14-,15-,16+,22+. The summed E-state index contributed by atoms with van der Waals surface area (Å²) in [5.74, 6) is -0.573. The van der Waals surface area contributed by atoms with Crippen LogP contribution in [0, 0.1) is 35.3 Å². The van der Waals surface area contributed by atoms with Crippen molar-refractivity contribution in [3.05, 3.63) is 54.5 Å². The molecule has 0 bridgehead atoms. The second-order valence-electron chi connectivity index (χ2n) is 8.79. The van der Waals surface area contributed by atoms with E-state index < -0.39 is 11.6 Å². The molecule has 2 fully saturated rings. The quantitative estimate of drug-likeness (QED) is 0.506. The van der Waals surface area contributed by atoms with Gasteiger partial charge in [0, 0.05) is 41.2 Å². The number of rotatable bonds is 4. The second kappa shape index (κ2) is 6.60. The molecule has 2 heterocycles. The largest absolute Gasteiger partial charge is 0.356 e. The van der Waals surface area contributed by atoms with E-state index in [1.165, 1.54) is 6.07 Å². The number of hydrogen-bond acceptors (Lipinski definition) is 4. The molecule has 2 aliphatic rings. The molecule has 6 nitrogen and oxygen atoms in total. The Morgan fingerprint density at radius 3 is 2.77 bits per heavy atom. The summed E-state index contributed by atoms with van der Waals surface area (Å²) in [5, 5.41) is 7.64. The molecule has 158 valence electrons. The van der Waals surface area contributed by atoms with E-state index in [1.54, 1.807) is 18.6 Å². The van der Waals surface area contributed by atoms with Gasteiger partial charge in [0.1, 0.15) is 0 Å². The van der Waals surface area contributed by atoms with Gasteiger partial charge in [-0.05, 0) is 42.7 Å². The lowest BCUT2D eigenvalue weighted by Crippen LogP contribution is -2.24. The summed E-state index contributed by atoms with van der Waals surface area (Å²) in [4.78, 5) is 17.0. The van der Waals surface area contributed by atoms with Gasteiger partial charge in [0.05, 0.1) is 23.6 Å². The number of imidazole rings is 1. The van der Waals surface area contributed by atoms with Crippen molar-refractivity contribution in [3.8, 4) is 0 Å². The molecular weight excluding hydrogens is 402 g/mol. The van der Waals surface area contributed by atoms with Gasteiger partial charge in [-0.25, -0.2) is 13.8 Å².